The second-order valence-electron chi connectivity index (χ2n) is 7.13. The van der Waals surface area contributed by atoms with Gasteiger partial charge in [0.15, 0.2) is 0 Å². The summed E-state index contributed by atoms with van der Waals surface area (Å²) < 4.78 is 0. The summed E-state index contributed by atoms with van der Waals surface area (Å²) in [6.07, 6.45) is 7.59. The molecule has 7 nitrogen and oxygen atoms in total. The van der Waals surface area contributed by atoms with E-state index in [-0.39, 0.29) is 24.2 Å². The molecule has 1 atom stereocenters. The Morgan fingerprint density at radius 3 is 2.72 bits per heavy atom. The van der Waals surface area contributed by atoms with Crippen LogP contribution in [0.25, 0.3) is 0 Å². The van der Waals surface area contributed by atoms with Crippen molar-refractivity contribution in [3.05, 3.63) is 18.1 Å². The Kier molecular flexibility index (Phi) is 6.07. The van der Waals surface area contributed by atoms with Gasteiger partial charge in [0.25, 0.3) is 0 Å². The van der Waals surface area contributed by atoms with Gasteiger partial charge in [-0.15, -0.1) is 0 Å². The molecule has 3 N–H and O–H groups in total. The third-order valence-corrected chi connectivity index (χ3v) is 5.18. The normalized spacial score (nSPS) is 27.0. The van der Waals surface area contributed by atoms with E-state index in [0.29, 0.717) is 0 Å². The zero-order valence-electron chi connectivity index (χ0n) is 14.9. The summed E-state index contributed by atoms with van der Waals surface area (Å²) >= 11 is 0. The fraction of sp³-hybridized carbons (Fsp3) is 0.722. The number of urea groups is 1. The van der Waals surface area contributed by atoms with Crippen molar-refractivity contribution in [1.82, 2.24) is 20.6 Å². The van der Waals surface area contributed by atoms with Crippen molar-refractivity contribution in [2.24, 2.45) is 0 Å². The molecule has 1 aliphatic heterocycles. The van der Waals surface area contributed by atoms with Crippen molar-refractivity contribution < 1.29 is 9.90 Å². The molecular weight excluding hydrogens is 318 g/mol. The number of aromatic nitrogens is 2. The molecule has 1 saturated carbocycles. The summed E-state index contributed by atoms with van der Waals surface area (Å²) in [6, 6.07) is 2.25. The smallest absolute Gasteiger partial charge is 0.315 e. The fourth-order valence-electron chi connectivity index (χ4n) is 3.69. The van der Waals surface area contributed by atoms with Crippen LogP contribution >= 0.6 is 0 Å². The number of nitrogens with one attached hydrogen (secondary N) is 2. The van der Waals surface area contributed by atoms with E-state index < -0.39 is 0 Å². The number of piperidine rings is 1. The summed E-state index contributed by atoms with van der Waals surface area (Å²) in [4.78, 5) is 23.1. The monoisotopic (exact) mass is 347 g/mol. The van der Waals surface area contributed by atoms with Crippen LogP contribution in [0.1, 0.15) is 51.1 Å². The molecule has 3 rings (SSSR count). The van der Waals surface area contributed by atoms with Crippen molar-refractivity contribution in [3.63, 3.8) is 0 Å². The van der Waals surface area contributed by atoms with Gasteiger partial charge in [0.2, 0.25) is 0 Å². The number of anilines is 1. The second kappa shape index (κ2) is 8.47. The first-order valence-electron chi connectivity index (χ1n) is 9.45. The summed E-state index contributed by atoms with van der Waals surface area (Å²) in [6.45, 7) is 3.82. The highest BCUT2D eigenvalue weighted by Gasteiger charge is 2.25. The molecule has 2 heterocycles. The average molecular weight is 347 g/mol. The molecule has 25 heavy (non-hydrogen) atoms. The van der Waals surface area contributed by atoms with Gasteiger partial charge in [0.05, 0.1) is 6.10 Å². The lowest BCUT2D eigenvalue weighted by Gasteiger charge is -2.34. The van der Waals surface area contributed by atoms with Crippen LogP contribution in [0.5, 0.6) is 0 Å². The first kappa shape index (κ1) is 17.9. The van der Waals surface area contributed by atoms with Gasteiger partial charge >= 0.3 is 6.03 Å². The van der Waals surface area contributed by atoms with Gasteiger partial charge in [0, 0.05) is 36.9 Å². The van der Waals surface area contributed by atoms with Crippen LogP contribution < -0.4 is 15.5 Å². The van der Waals surface area contributed by atoms with Crippen molar-refractivity contribution in [2.45, 2.75) is 70.1 Å². The maximum atomic E-state index is 12.3. The molecule has 0 aromatic carbocycles. The van der Waals surface area contributed by atoms with E-state index in [9.17, 15) is 9.90 Å². The lowest BCUT2D eigenvalue weighted by Crippen LogP contribution is -2.53. The number of nitrogens with zero attached hydrogens (tertiary/aromatic N) is 3. The van der Waals surface area contributed by atoms with E-state index in [2.05, 4.69) is 32.4 Å². The van der Waals surface area contributed by atoms with Gasteiger partial charge in [-0.05, 0) is 44.9 Å². The topological polar surface area (TPSA) is 90.4 Å². The lowest BCUT2D eigenvalue weighted by atomic mass is 9.93. The molecule has 1 aromatic heterocycles. The summed E-state index contributed by atoms with van der Waals surface area (Å²) in [5, 5.41) is 15.7. The Hall–Kier alpha value is -1.89. The first-order valence-corrected chi connectivity index (χ1v) is 9.45. The SMILES string of the molecule is CCc1cc(N2CCC[C@@H](NC(=O)NC3CCC(O)CC3)C2)ncn1. The predicted octanol–water partition coefficient (Wildman–Crippen LogP) is 1.61. The van der Waals surface area contributed by atoms with Crippen LogP contribution in [0.2, 0.25) is 0 Å². The average Bonchev–Trinajstić information content (AvgIpc) is 2.64. The van der Waals surface area contributed by atoms with Crippen LogP contribution in [-0.4, -0.2) is 52.4 Å². The Morgan fingerprint density at radius 2 is 1.96 bits per heavy atom. The number of carbonyl (C=O) groups is 1. The zero-order valence-corrected chi connectivity index (χ0v) is 14.9. The third kappa shape index (κ3) is 5.04. The summed E-state index contributed by atoms with van der Waals surface area (Å²) in [7, 11) is 0. The highest BCUT2D eigenvalue weighted by Crippen LogP contribution is 2.20. The van der Waals surface area contributed by atoms with E-state index in [0.717, 1.165) is 69.5 Å². The van der Waals surface area contributed by atoms with E-state index >= 15 is 0 Å². The molecule has 1 saturated heterocycles. The van der Waals surface area contributed by atoms with Gasteiger partial charge in [-0.25, -0.2) is 14.8 Å². The van der Waals surface area contributed by atoms with Gasteiger partial charge in [-0.2, -0.15) is 0 Å². The molecule has 2 aliphatic rings. The number of aliphatic hydroxyl groups is 1. The number of carbonyl (C=O) groups excluding carboxylic acids is 1. The predicted molar refractivity (Wildman–Crippen MR) is 96.6 cm³/mol. The van der Waals surface area contributed by atoms with Crippen molar-refractivity contribution in [1.29, 1.82) is 0 Å². The second-order valence-corrected chi connectivity index (χ2v) is 7.13. The number of amides is 2. The molecule has 2 fully saturated rings. The summed E-state index contributed by atoms with van der Waals surface area (Å²) in [5.41, 5.74) is 1.04. The van der Waals surface area contributed by atoms with Crippen LogP contribution in [0.4, 0.5) is 10.6 Å². The Morgan fingerprint density at radius 1 is 1.20 bits per heavy atom. The maximum Gasteiger partial charge on any atom is 0.315 e. The van der Waals surface area contributed by atoms with Crippen LogP contribution in [-0.2, 0) is 6.42 Å². The van der Waals surface area contributed by atoms with Crippen molar-refractivity contribution in [2.75, 3.05) is 18.0 Å². The minimum absolute atomic E-state index is 0.0924. The molecule has 2 amide bonds. The van der Waals surface area contributed by atoms with E-state index in [1.165, 1.54) is 0 Å². The highest BCUT2D eigenvalue weighted by molar-refractivity contribution is 5.74. The lowest BCUT2D eigenvalue weighted by molar-refractivity contribution is 0.117. The minimum atomic E-state index is -0.200. The maximum absolute atomic E-state index is 12.3. The largest absolute Gasteiger partial charge is 0.393 e. The van der Waals surface area contributed by atoms with Gasteiger partial charge < -0.3 is 20.6 Å². The van der Waals surface area contributed by atoms with Gasteiger partial charge in [-0.3, -0.25) is 0 Å². The van der Waals surface area contributed by atoms with Crippen LogP contribution in [0, 0.1) is 0 Å². The molecule has 138 valence electrons. The molecule has 1 aliphatic carbocycles. The van der Waals surface area contributed by atoms with Crippen molar-refractivity contribution >= 4 is 11.8 Å². The van der Waals surface area contributed by atoms with Gasteiger partial charge in [-0.1, -0.05) is 6.92 Å². The van der Waals surface area contributed by atoms with E-state index in [4.69, 9.17) is 0 Å². The zero-order chi connectivity index (χ0) is 17.6. The molecule has 0 unspecified atom stereocenters. The van der Waals surface area contributed by atoms with Gasteiger partial charge in [0.1, 0.15) is 12.1 Å². The standard InChI is InChI=1S/C18H29N5O2/c1-2-13-10-17(20-12-19-13)23-9-3-4-15(11-23)22-18(25)21-14-5-7-16(24)8-6-14/h10,12,14-16,24H,2-9,11H2,1H3,(H2,21,22,25)/t14?,15-,16?/m1/s1. The van der Waals surface area contributed by atoms with E-state index in [1.54, 1.807) is 6.33 Å². The molecule has 0 bridgehead atoms. The van der Waals surface area contributed by atoms with Crippen LogP contribution in [0.3, 0.4) is 0 Å². The fourth-order valence-corrected chi connectivity index (χ4v) is 3.69. The molecule has 0 radical (unpaired) electrons. The molecular formula is C18H29N5O2. The molecule has 0 spiro atoms. The highest BCUT2D eigenvalue weighted by atomic mass is 16.3. The number of hydrogen-bond donors (Lipinski definition) is 3. The Bertz CT molecular complexity index is 574. The number of rotatable bonds is 4. The van der Waals surface area contributed by atoms with Crippen molar-refractivity contribution in [3.8, 4) is 0 Å². The number of hydrogen-bond acceptors (Lipinski definition) is 5. The number of aryl methyl sites for hydroxylation is 1. The quantitative estimate of drug-likeness (QED) is 0.770. The van der Waals surface area contributed by atoms with E-state index in [1.807, 2.05) is 6.07 Å². The number of aliphatic hydroxyl groups excluding tert-OH is 1. The molecule has 7 heteroatoms. The summed E-state index contributed by atoms with van der Waals surface area (Å²) in [5.74, 6) is 0.944. The van der Waals surface area contributed by atoms with Crippen LogP contribution in [0.15, 0.2) is 12.4 Å². The Balaban J connectivity index is 1.50. The minimum Gasteiger partial charge on any atom is -0.393 e. The third-order valence-electron chi connectivity index (χ3n) is 5.18. The Labute approximate surface area is 149 Å². The first-order chi connectivity index (χ1) is 12.1. The molecule has 1 aromatic rings.